The van der Waals surface area contributed by atoms with E-state index in [4.69, 9.17) is 0 Å². The Morgan fingerprint density at radius 3 is 1.94 bits per heavy atom. The van der Waals surface area contributed by atoms with Crippen molar-refractivity contribution in [2.24, 2.45) is 0 Å². The summed E-state index contributed by atoms with van der Waals surface area (Å²) in [5.74, 6) is 0.180. The van der Waals surface area contributed by atoms with E-state index in [1.54, 1.807) is 6.07 Å². The monoisotopic (exact) mass is 523 g/mol. The molecule has 0 amide bonds. The molecule has 0 bridgehead atoms. The Morgan fingerprint density at radius 2 is 1.46 bits per heavy atom. The van der Waals surface area contributed by atoms with Gasteiger partial charge in [0.1, 0.15) is 0 Å². The maximum Gasteiger partial charge on any atom is 0.430 e. The highest BCUT2D eigenvalue weighted by atomic mass is 32.2. The summed E-state index contributed by atoms with van der Waals surface area (Å²) in [6.07, 6.45) is -11.9. The zero-order chi connectivity index (χ0) is 26.4. The summed E-state index contributed by atoms with van der Waals surface area (Å²) in [6, 6.07) is 8.08. The van der Waals surface area contributed by atoms with E-state index in [1.807, 2.05) is 30.9 Å². The van der Waals surface area contributed by atoms with E-state index in [0.717, 1.165) is 17.2 Å². The fourth-order valence-corrected chi connectivity index (χ4v) is 5.56. The van der Waals surface area contributed by atoms with Gasteiger partial charge >= 0.3 is 12.4 Å². The van der Waals surface area contributed by atoms with Crippen molar-refractivity contribution in [3.8, 4) is 11.1 Å². The van der Waals surface area contributed by atoms with Gasteiger partial charge in [0, 0.05) is 25.2 Å². The highest BCUT2D eigenvalue weighted by Crippen LogP contribution is 2.50. The molecule has 2 aromatic carbocycles. The van der Waals surface area contributed by atoms with Crippen LogP contribution in [0.4, 0.5) is 26.3 Å². The minimum Gasteiger partial charge on any atom is -0.369 e. The van der Waals surface area contributed by atoms with E-state index < -0.39 is 33.4 Å². The molecule has 0 unspecified atom stereocenters. The number of sulfone groups is 1. The first-order valence-corrected chi connectivity index (χ1v) is 12.8. The van der Waals surface area contributed by atoms with Crippen LogP contribution in [0.1, 0.15) is 42.0 Å². The number of alkyl halides is 6. The molecule has 0 saturated carbocycles. The van der Waals surface area contributed by atoms with Gasteiger partial charge in [0.25, 0.3) is 5.60 Å². The molecule has 0 aromatic heterocycles. The van der Waals surface area contributed by atoms with Crippen LogP contribution in [-0.2, 0) is 22.0 Å². The molecule has 35 heavy (non-hydrogen) atoms. The number of benzene rings is 2. The molecule has 0 atom stereocenters. The Labute approximate surface area is 200 Å². The maximum atomic E-state index is 13.3. The molecule has 194 valence electrons. The maximum absolute atomic E-state index is 13.3. The van der Waals surface area contributed by atoms with Gasteiger partial charge in [-0.1, -0.05) is 50.2 Å². The molecule has 4 nitrogen and oxygen atoms in total. The number of hydrogen-bond donors (Lipinski definition) is 1. The third kappa shape index (κ3) is 5.51. The van der Waals surface area contributed by atoms with Crippen LogP contribution in [0, 0.1) is 6.92 Å². The van der Waals surface area contributed by atoms with Gasteiger partial charge in [0.15, 0.2) is 9.84 Å². The van der Waals surface area contributed by atoms with Crippen LogP contribution in [0.5, 0.6) is 0 Å². The molecule has 1 saturated heterocycles. The van der Waals surface area contributed by atoms with Crippen molar-refractivity contribution >= 4 is 9.84 Å². The van der Waals surface area contributed by atoms with Gasteiger partial charge < -0.3 is 5.11 Å². The number of nitrogens with zero attached hydrogens (tertiary/aromatic N) is 1. The fraction of sp³-hybridized carbons (Fsp3) is 0.500. The zero-order valence-electron chi connectivity index (χ0n) is 19.5. The third-order valence-electron chi connectivity index (χ3n) is 6.34. The van der Waals surface area contributed by atoms with Gasteiger partial charge in [-0.25, -0.2) is 8.42 Å². The lowest BCUT2D eigenvalue weighted by atomic mass is 9.85. The van der Waals surface area contributed by atoms with Crippen LogP contribution in [0.15, 0.2) is 36.4 Å². The first kappa shape index (κ1) is 27.5. The van der Waals surface area contributed by atoms with E-state index in [-0.39, 0.29) is 23.0 Å². The third-order valence-corrected chi connectivity index (χ3v) is 7.95. The molecule has 1 fully saturated rings. The number of aliphatic hydroxyl groups is 1. The Morgan fingerprint density at radius 1 is 0.914 bits per heavy atom. The Balaban J connectivity index is 1.97. The lowest BCUT2D eigenvalue weighted by Crippen LogP contribution is -2.53. The van der Waals surface area contributed by atoms with Crippen molar-refractivity contribution in [2.75, 3.05) is 24.6 Å². The molecule has 1 N–H and O–H groups in total. The van der Waals surface area contributed by atoms with Crippen molar-refractivity contribution < 1.29 is 39.9 Å². The second-order valence-corrected chi connectivity index (χ2v) is 11.5. The molecule has 2 aromatic rings. The van der Waals surface area contributed by atoms with Crippen molar-refractivity contribution in [3.05, 3.63) is 58.7 Å². The molecule has 11 heteroatoms. The Kier molecular flexibility index (Phi) is 7.38. The van der Waals surface area contributed by atoms with Crippen LogP contribution < -0.4 is 0 Å². The Bertz CT molecular complexity index is 1160. The standard InChI is InChI=1S/C24H27F6NO3S/c1-15(2)21-13-17(14-31-8-10-35(33,34)11-9-31)4-6-20(21)19-7-5-18(12-16(19)3)22(32,23(25,26)27)24(28,29)30/h4-7,12-13,15,32H,8-11,14H2,1-3H3. The van der Waals surface area contributed by atoms with Crippen molar-refractivity contribution in [3.63, 3.8) is 0 Å². The number of rotatable bonds is 5. The van der Waals surface area contributed by atoms with Crippen LogP contribution in [0.25, 0.3) is 11.1 Å². The van der Waals surface area contributed by atoms with Gasteiger partial charge in [0.2, 0.25) is 0 Å². The average Bonchev–Trinajstić information content (AvgIpc) is 2.73. The first-order valence-electron chi connectivity index (χ1n) is 11.0. The molecule has 1 aliphatic rings. The largest absolute Gasteiger partial charge is 0.430 e. The highest BCUT2D eigenvalue weighted by Gasteiger charge is 2.71. The summed E-state index contributed by atoms with van der Waals surface area (Å²) in [5, 5.41) is 9.72. The second-order valence-electron chi connectivity index (χ2n) is 9.24. The summed E-state index contributed by atoms with van der Waals surface area (Å²) in [5.41, 5.74) is -3.21. The summed E-state index contributed by atoms with van der Waals surface area (Å²) < 4.78 is 103. The van der Waals surface area contributed by atoms with Gasteiger partial charge in [-0.05, 0) is 40.7 Å². The Hall–Kier alpha value is -2.11. The molecule has 3 rings (SSSR count). The minimum absolute atomic E-state index is 0.00644. The lowest BCUT2D eigenvalue weighted by Gasteiger charge is -2.33. The van der Waals surface area contributed by atoms with Gasteiger partial charge in [-0.2, -0.15) is 26.3 Å². The minimum atomic E-state index is -5.95. The molecular formula is C24H27F6NO3S. The second kappa shape index (κ2) is 9.40. The fourth-order valence-electron chi connectivity index (χ4n) is 4.28. The van der Waals surface area contributed by atoms with Crippen molar-refractivity contribution in [2.45, 2.75) is 51.2 Å². The van der Waals surface area contributed by atoms with E-state index in [2.05, 4.69) is 0 Å². The van der Waals surface area contributed by atoms with Crippen molar-refractivity contribution in [1.82, 2.24) is 4.90 Å². The number of halogens is 6. The summed E-state index contributed by atoms with van der Waals surface area (Å²) >= 11 is 0. The average molecular weight is 524 g/mol. The topological polar surface area (TPSA) is 57.6 Å². The van der Waals surface area contributed by atoms with Crippen LogP contribution in [-0.4, -0.2) is 55.4 Å². The van der Waals surface area contributed by atoms with E-state index in [1.165, 1.54) is 13.0 Å². The normalized spacial score (nSPS) is 17.7. The highest BCUT2D eigenvalue weighted by molar-refractivity contribution is 7.91. The summed E-state index contributed by atoms with van der Waals surface area (Å²) in [4.78, 5) is 2.02. The first-order chi connectivity index (χ1) is 16.0. The molecule has 1 aliphatic heterocycles. The lowest BCUT2D eigenvalue weighted by molar-refractivity contribution is -0.376. The summed E-state index contributed by atoms with van der Waals surface area (Å²) in [6.45, 7) is 6.61. The van der Waals surface area contributed by atoms with Crippen LogP contribution in [0.3, 0.4) is 0 Å². The summed E-state index contributed by atoms with van der Waals surface area (Å²) in [7, 11) is -3.01. The van der Waals surface area contributed by atoms with Gasteiger partial charge in [-0.15, -0.1) is 0 Å². The van der Waals surface area contributed by atoms with Gasteiger partial charge in [-0.3, -0.25) is 4.90 Å². The zero-order valence-corrected chi connectivity index (χ0v) is 20.3. The molecular weight excluding hydrogens is 496 g/mol. The van der Waals surface area contributed by atoms with E-state index in [0.29, 0.717) is 36.8 Å². The van der Waals surface area contributed by atoms with Gasteiger partial charge in [0.05, 0.1) is 11.5 Å². The predicted octanol–water partition coefficient (Wildman–Crippen LogP) is 5.33. The number of aryl methyl sites for hydroxylation is 1. The molecule has 1 heterocycles. The smallest absolute Gasteiger partial charge is 0.369 e. The van der Waals surface area contributed by atoms with Crippen LogP contribution >= 0.6 is 0 Å². The molecule has 0 spiro atoms. The van der Waals surface area contributed by atoms with E-state index >= 15 is 0 Å². The molecule has 0 aliphatic carbocycles. The quantitative estimate of drug-likeness (QED) is 0.539. The number of hydrogen-bond acceptors (Lipinski definition) is 4. The molecule has 0 radical (unpaired) electrons. The predicted molar refractivity (Wildman–Crippen MR) is 121 cm³/mol. The van der Waals surface area contributed by atoms with Crippen LogP contribution in [0.2, 0.25) is 0 Å². The van der Waals surface area contributed by atoms with E-state index in [9.17, 15) is 39.9 Å². The van der Waals surface area contributed by atoms with Crippen molar-refractivity contribution in [1.29, 1.82) is 0 Å². The SMILES string of the molecule is Cc1cc(C(O)(C(F)(F)F)C(F)(F)F)ccc1-c1ccc(CN2CCS(=O)(=O)CC2)cc1C(C)C.